The molecule has 4 nitrogen and oxygen atoms in total. The molecule has 1 aliphatic rings. The van der Waals surface area contributed by atoms with Crippen molar-refractivity contribution >= 4 is 11.7 Å². The highest BCUT2D eigenvalue weighted by Crippen LogP contribution is 2.38. The van der Waals surface area contributed by atoms with E-state index in [2.05, 4.69) is 10.4 Å². The maximum absolute atomic E-state index is 14.0. The molecular formula is C15H16FN3O. The van der Waals surface area contributed by atoms with Crippen molar-refractivity contribution in [2.45, 2.75) is 32.2 Å². The summed E-state index contributed by atoms with van der Waals surface area (Å²) in [5.41, 5.74) is 1.43. The van der Waals surface area contributed by atoms with Crippen LogP contribution < -0.4 is 5.32 Å². The molecule has 0 spiro atoms. The van der Waals surface area contributed by atoms with E-state index < -0.39 is 0 Å². The standard InChI is InChI=1S/C15H16FN3O/c1-9(2)19-15-12(8-17-19)11(7-14(20)18-15)10-5-3-4-6-13(10)16/h3-6,8-9,11H,7H2,1-2H3,(H,18,20). The zero-order valence-corrected chi connectivity index (χ0v) is 11.4. The van der Waals surface area contributed by atoms with Crippen LogP contribution in [-0.2, 0) is 4.79 Å². The Morgan fingerprint density at radius 2 is 2.10 bits per heavy atom. The molecule has 3 rings (SSSR count). The molecule has 1 N–H and O–H groups in total. The first kappa shape index (κ1) is 12.8. The quantitative estimate of drug-likeness (QED) is 0.914. The summed E-state index contributed by atoms with van der Waals surface area (Å²) >= 11 is 0. The summed E-state index contributed by atoms with van der Waals surface area (Å²) in [6.07, 6.45) is 1.98. The Hall–Kier alpha value is -2.17. The van der Waals surface area contributed by atoms with Crippen molar-refractivity contribution < 1.29 is 9.18 Å². The Morgan fingerprint density at radius 3 is 2.80 bits per heavy atom. The van der Waals surface area contributed by atoms with E-state index in [1.54, 1.807) is 29.1 Å². The number of hydrogen-bond acceptors (Lipinski definition) is 2. The van der Waals surface area contributed by atoms with Gasteiger partial charge >= 0.3 is 0 Å². The number of aromatic nitrogens is 2. The third-order valence-electron chi connectivity index (χ3n) is 3.62. The number of carbonyl (C=O) groups is 1. The number of carbonyl (C=O) groups excluding carboxylic acids is 1. The maximum atomic E-state index is 14.0. The second-order valence-corrected chi connectivity index (χ2v) is 5.31. The minimum absolute atomic E-state index is 0.104. The number of anilines is 1. The number of benzene rings is 1. The molecule has 0 saturated carbocycles. The van der Waals surface area contributed by atoms with E-state index in [4.69, 9.17) is 0 Å². The first-order valence-electron chi connectivity index (χ1n) is 6.69. The van der Waals surface area contributed by atoms with Gasteiger partial charge in [0.15, 0.2) is 0 Å². The van der Waals surface area contributed by atoms with Gasteiger partial charge in [0.05, 0.1) is 6.20 Å². The third-order valence-corrected chi connectivity index (χ3v) is 3.62. The zero-order chi connectivity index (χ0) is 14.3. The fourth-order valence-corrected chi connectivity index (χ4v) is 2.67. The van der Waals surface area contributed by atoms with Crippen LogP contribution in [0.4, 0.5) is 10.2 Å². The van der Waals surface area contributed by atoms with E-state index in [9.17, 15) is 9.18 Å². The minimum Gasteiger partial charge on any atom is -0.311 e. The molecule has 0 radical (unpaired) electrons. The molecule has 1 atom stereocenters. The second kappa shape index (κ2) is 4.74. The van der Waals surface area contributed by atoms with Crippen LogP contribution in [0.2, 0.25) is 0 Å². The lowest BCUT2D eigenvalue weighted by Gasteiger charge is -2.24. The summed E-state index contributed by atoms with van der Waals surface area (Å²) in [6, 6.07) is 6.74. The van der Waals surface area contributed by atoms with Crippen LogP contribution in [-0.4, -0.2) is 15.7 Å². The van der Waals surface area contributed by atoms with Crippen LogP contribution in [0.25, 0.3) is 0 Å². The Balaban J connectivity index is 2.12. The first-order chi connectivity index (χ1) is 9.58. The summed E-state index contributed by atoms with van der Waals surface area (Å²) in [7, 11) is 0. The van der Waals surface area contributed by atoms with E-state index in [-0.39, 0.29) is 30.1 Å². The van der Waals surface area contributed by atoms with E-state index in [1.807, 2.05) is 13.8 Å². The summed E-state index contributed by atoms with van der Waals surface area (Å²) in [5.74, 6) is 0.0283. The number of rotatable bonds is 2. The van der Waals surface area contributed by atoms with Gasteiger partial charge in [0.25, 0.3) is 0 Å². The summed E-state index contributed by atoms with van der Waals surface area (Å²) < 4.78 is 15.8. The zero-order valence-electron chi connectivity index (χ0n) is 11.4. The van der Waals surface area contributed by atoms with Gasteiger partial charge in [-0.05, 0) is 25.5 Å². The van der Waals surface area contributed by atoms with E-state index >= 15 is 0 Å². The van der Waals surface area contributed by atoms with E-state index in [1.165, 1.54) is 6.07 Å². The predicted octanol–water partition coefficient (Wildman–Crippen LogP) is 3.08. The molecule has 1 aliphatic heterocycles. The van der Waals surface area contributed by atoms with Gasteiger partial charge in [-0.3, -0.25) is 4.79 Å². The lowest BCUT2D eigenvalue weighted by atomic mass is 9.87. The highest BCUT2D eigenvalue weighted by Gasteiger charge is 2.31. The number of halogens is 1. The Kier molecular flexibility index (Phi) is 3.04. The van der Waals surface area contributed by atoms with Crippen LogP contribution in [0.15, 0.2) is 30.5 Å². The molecule has 2 aromatic rings. The smallest absolute Gasteiger partial charge is 0.226 e. The van der Waals surface area contributed by atoms with Gasteiger partial charge in [0, 0.05) is 23.9 Å². The van der Waals surface area contributed by atoms with E-state index in [0.29, 0.717) is 11.4 Å². The average Bonchev–Trinajstić information content (AvgIpc) is 2.82. The Morgan fingerprint density at radius 1 is 1.35 bits per heavy atom. The molecule has 2 heterocycles. The molecule has 1 aromatic heterocycles. The maximum Gasteiger partial charge on any atom is 0.226 e. The van der Waals surface area contributed by atoms with Crippen molar-refractivity contribution in [1.82, 2.24) is 9.78 Å². The van der Waals surface area contributed by atoms with Gasteiger partial charge < -0.3 is 5.32 Å². The first-order valence-corrected chi connectivity index (χ1v) is 6.69. The van der Waals surface area contributed by atoms with Gasteiger partial charge in [-0.1, -0.05) is 18.2 Å². The lowest BCUT2D eigenvalue weighted by molar-refractivity contribution is -0.116. The molecule has 1 aromatic carbocycles. The highest BCUT2D eigenvalue weighted by molar-refractivity contribution is 5.94. The average molecular weight is 273 g/mol. The number of amides is 1. The SMILES string of the molecule is CC(C)n1ncc2c1NC(=O)CC2c1ccccc1F. The fourth-order valence-electron chi connectivity index (χ4n) is 2.67. The van der Waals surface area contributed by atoms with E-state index in [0.717, 1.165) is 5.56 Å². The topological polar surface area (TPSA) is 46.9 Å². The van der Waals surface area contributed by atoms with Gasteiger partial charge in [-0.25, -0.2) is 9.07 Å². The minimum atomic E-state index is -0.282. The monoisotopic (exact) mass is 273 g/mol. The van der Waals surface area contributed by atoms with Crippen molar-refractivity contribution in [1.29, 1.82) is 0 Å². The van der Waals surface area contributed by atoms with Crippen molar-refractivity contribution in [3.8, 4) is 0 Å². The summed E-state index contributed by atoms with van der Waals surface area (Å²) in [5, 5.41) is 7.16. The molecule has 5 heteroatoms. The molecule has 0 aliphatic carbocycles. The van der Waals surface area contributed by atoms with Crippen molar-refractivity contribution in [2.75, 3.05) is 5.32 Å². The number of hydrogen-bond donors (Lipinski definition) is 1. The number of fused-ring (bicyclic) bond motifs is 1. The van der Waals surface area contributed by atoms with Crippen molar-refractivity contribution in [3.63, 3.8) is 0 Å². The molecule has 1 unspecified atom stereocenters. The van der Waals surface area contributed by atoms with Gasteiger partial charge in [0.1, 0.15) is 11.6 Å². The van der Waals surface area contributed by atoms with Crippen LogP contribution in [0.5, 0.6) is 0 Å². The van der Waals surface area contributed by atoms with Gasteiger partial charge in [-0.2, -0.15) is 5.10 Å². The Labute approximate surface area is 116 Å². The number of nitrogens with zero attached hydrogens (tertiary/aromatic N) is 2. The number of nitrogens with one attached hydrogen (secondary N) is 1. The largest absolute Gasteiger partial charge is 0.311 e. The third kappa shape index (κ3) is 1.99. The predicted molar refractivity (Wildman–Crippen MR) is 74.1 cm³/mol. The van der Waals surface area contributed by atoms with Gasteiger partial charge in [0.2, 0.25) is 5.91 Å². The van der Waals surface area contributed by atoms with Crippen molar-refractivity contribution in [3.05, 3.63) is 47.4 Å². The molecule has 104 valence electrons. The van der Waals surface area contributed by atoms with Crippen LogP contribution in [0.1, 0.15) is 43.4 Å². The molecular weight excluding hydrogens is 257 g/mol. The fraction of sp³-hybridized carbons (Fsp3) is 0.333. The van der Waals surface area contributed by atoms with Crippen LogP contribution in [0, 0.1) is 5.82 Å². The van der Waals surface area contributed by atoms with Crippen LogP contribution >= 0.6 is 0 Å². The van der Waals surface area contributed by atoms with Crippen LogP contribution in [0.3, 0.4) is 0 Å². The molecule has 1 amide bonds. The lowest BCUT2D eigenvalue weighted by Crippen LogP contribution is -2.25. The summed E-state index contributed by atoms with van der Waals surface area (Å²) in [6.45, 7) is 3.98. The second-order valence-electron chi connectivity index (χ2n) is 5.31. The highest BCUT2D eigenvalue weighted by atomic mass is 19.1. The Bertz CT molecular complexity index is 663. The van der Waals surface area contributed by atoms with Crippen molar-refractivity contribution in [2.24, 2.45) is 0 Å². The van der Waals surface area contributed by atoms with Gasteiger partial charge in [-0.15, -0.1) is 0 Å². The molecule has 20 heavy (non-hydrogen) atoms. The normalized spacial score (nSPS) is 18.0. The molecule has 0 fully saturated rings. The molecule has 0 bridgehead atoms. The molecule has 0 saturated heterocycles. The summed E-state index contributed by atoms with van der Waals surface area (Å²) in [4.78, 5) is 11.9.